The van der Waals surface area contributed by atoms with E-state index >= 15 is 0 Å². The molecule has 3 aromatic rings. The molecule has 13 heteroatoms. The Balaban J connectivity index is 0.000000468. The van der Waals surface area contributed by atoms with Gasteiger partial charge in [0.05, 0.1) is 12.2 Å². The van der Waals surface area contributed by atoms with Crippen LogP contribution in [0.15, 0.2) is 48.5 Å². The van der Waals surface area contributed by atoms with Gasteiger partial charge in [0.2, 0.25) is 0 Å². The molecular weight excluding hydrogens is 587 g/mol. The highest BCUT2D eigenvalue weighted by atomic mass is 32.2. The van der Waals surface area contributed by atoms with Crippen LogP contribution in [0.4, 0.5) is 22.0 Å². The van der Waals surface area contributed by atoms with Crippen LogP contribution in [0, 0.1) is 18.6 Å². The summed E-state index contributed by atoms with van der Waals surface area (Å²) < 4.78 is 104. The van der Waals surface area contributed by atoms with E-state index in [4.69, 9.17) is 9.47 Å². The van der Waals surface area contributed by atoms with Crippen molar-refractivity contribution in [3.8, 4) is 5.75 Å². The number of alkyl halides is 3. The van der Waals surface area contributed by atoms with Crippen LogP contribution in [0.25, 0.3) is 10.8 Å². The largest absolute Gasteiger partial charge is 0.534 e. The zero-order chi connectivity index (χ0) is 32.0. The van der Waals surface area contributed by atoms with Gasteiger partial charge in [-0.2, -0.15) is 21.6 Å². The monoisotopic (exact) mass is 618 g/mol. The van der Waals surface area contributed by atoms with Gasteiger partial charge < -0.3 is 13.7 Å². The molecule has 7 nitrogen and oxygen atoms in total. The third kappa shape index (κ3) is 9.48. The number of ether oxygens (including phenoxy) is 2. The molecule has 0 spiro atoms. The van der Waals surface area contributed by atoms with Gasteiger partial charge in [0.1, 0.15) is 17.4 Å². The van der Waals surface area contributed by atoms with Crippen LogP contribution in [0.3, 0.4) is 0 Å². The minimum absolute atomic E-state index is 0.0683. The van der Waals surface area contributed by atoms with Crippen LogP contribution in [0.1, 0.15) is 57.4 Å². The third-order valence-corrected chi connectivity index (χ3v) is 6.33. The van der Waals surface area contributed by atoms with Gasteiger partial charge in [-0.1, -0.05) is 24.3 Å². The Morgan fingerprint density at radius 3 is 2.00 bits per heavy atom. The molecule has 0 saturated heterocycles. The molecule has 3 aromatic carbocycles. The molecule has 0 heterocycles. The van der Waals surface area contributed by atoms with Crippen molar-refractivity contribution in [2.45, 2.75) is 65.2 Å². The van der Waals surface area contributed by atoms with Crippen molar-refractivity contribution in [2.75, 3.05) is 6.61 Å². The lowest BCUT2D eigenvalue weighted by Gasteiger charge is -2.29. The normalized spacial score (nSPS) is 12.7. The van der Waals surface area contributed by atoms with Gasteiger partial charge in [0, 0.05) is 17.4 Å². The van der Waals surface area contributed by atoms with Crippen LogP contribution in [-0.2, 0) is 35.6 Å². The summed E-state index contributed by atoms with van der Waals surface area (Å²) in [6.07, 6.45) is -1.24. The fourth-order valence-electron chi connectivity index (χ4n) is 3.74. The maximum absolute atomic E-state index is 13.9. The maximum Gasteiger partial charge on any atom is 0.534 e. The van der Waals surface area contributed by atoms with Crippen molar-refractivity contribution in [3.05, 3.63) is 76.9 Å². The number of halogens is 5. The number of esters is 1. The lowest BCUT2D eigenvalue weighted by Crippen LogP contribution is -2.31. The van der Waals surface area contributed by atoms with E-state index in [1.807, 2.05) is 0 Å². The number of hydrogen-bond acceptors (Lipinski definition) is 7. The van der Waals surface area contributed by atoms with Gasteiger partial charge in [-0.15, -0.1) is 0 Å². The van der Waals surface area contributed by atoms with Gasteiger partial charge in [-0.3, -0.25) is 4.79 Å². The highest BCUT2D eigenvalue weighted by Gasteiger charge is 2.49. The van der Waals surface area contributed by atoms with Crippen LogP contribution in [0.5, 0.6) is 5.75 Å². The average molecular weight is 619 g/mol. The molecule has 0 bridgehead atoms. The Hall–Kier alpha value is -3.58. The van der Waals surface area contributed by atoms with E-state index in [2.05, 4.69) is 4.18 Å². The average Bonchev–Trinajstić information content (AvgIpc) is 2.84. The summed E-state index contributed by atoms with van der Waals surface area (Å²) in [5.41, 5.74) is -5.99. The summed E-state index contributed by atoms with van der Waals surface area (Å²) in [5, 5.41) is -0.0753. The van der Waals surface area contributed by atoms with Crippen molar-refractivity contribution in [1.29, 1.82) is 0 Å². The number of aryl methyl sites for hydroxylation is 1. The Morgan fingerprint density at radius 2 is 1.50 bits per heavy atom. The predicted molar refractivity (Wildman–Crippen MR) is 145 cm³/mol. The molecule has 0 aliphatic carbocycles. The van der Waals surface area contributed by atoms with Crippen LogP contribution < -0.4 is 4.18 Å². The van der Waals surface area contributed by atoms with E-state index < -0.39 is 44.9 Å². The second kappa shape index (κ2) is 13.6. The predicted octanol–water partition coefficient (Wildman–Crippen LogP) is 6.89. The molecule has 0 amide bonds. The van der Waals surface area contributed by atoms with Crippen LogP contribution in [0.2, 0.25) is 0 Å². The molecule has 0 N–H and O–H groups in total. The van der Waals surface area contributed by atoms with E-state index in [0.717, 1.165) is 17.7 Å². The minimum atomic E-state index is -6.14. The van der Waals surface area contributed by atoms with Gasteiger partial charge in [-0.05, 0) is 82.3 Å². The lowest BCUT2D eigenvalue weighted by atomic mass is 9.95. The number of fused-ring (bicyclic) bond motifs is 1. The molecule has 230 valence electrons. The molecule has 0 aliphatic rings. The zero-order valence-corrected chi connectivity index (χ0v) is 24.6. The van der Waals surface area contributed by atoms with Crippen LogP contribution in [-0.4, -0.2) is 37.9 Å². The lowest BCUT2D eigenvalue weighted by molar-refractivity contribution is -0.167. The molecule has 0 radical (unpaired) electrons. The van der Waals surface area contributed by atoms with Crippen molar-refractivity contribution in [1.82, 2.24) is 0 Å². The number of carbonyl (C=O) groups excluding carboxylic acids is 2. The summed E-state index contributed by atoms with van der Waals surface area (Å²) in [5.74, 6) is -2.84. The quantitative estimate of drug-likeness (QED) is 0.117. The first-order valence-corrected chi connectivity index (χ1v) is 14.0. The molecule has 1 atom stereocenters. The first kappa shape index (κ1) is 34.6. The summed E-state index contributed by atoms with van der Waals surface area (Å²) in [4.78, 5) is 23.2. The molecule has 1 unspecified atom stereocenters. The standard InChI is InChI=1S/C20H22F4O6S.C9H9FO/c1-6-28-18(25)17(29-19(3,4)5)15-11(2)9-12-7-8-13(21)10-14(12)16(15)30-31(26,27)20(22,23)24;1-7(11)6-8-2-4-9(10)5-3-8/h7-10,17H,6H2,1-5H3;2-5H,6H2,1H3. The number of rotatable bonds is 8. The fourth-order valence-corrected chi connectivity index (χ4v) is 4.24. The summed E-state index contributed by atoms with van der Waals surface area (Å²) >= 11 is 0. The second-order valence-corrected chi connectivity index (χ2v) is 11.7. The molecular formula is C29H31F5O7S. The maximum atomic E-state index is 13.9. The van der Waals surface area contributed by atoms with E-state index in [-0.39, 0.29) is 40.1 Å². The summed E-state index contributed by atoms with van der Waals surface area (Å²) in [6.45, 7) is 9.15. The summed E-state index contributed by atoms with van der Waals surface area (Å²) in [7, 11) is -6.14. The van der Waals surface area contributed by atoms with E-state index in [9.17, 15) is 40.0 Å². The number of Topliss-reactive ketones (excluding diaryl/α,β-unsaturated/α-hetero) is 1. The molecule has 0 aromatic heterocycles. The van der Waals surface area contributed by atoms with Gasteiger partial charge >= 0.3 is 21.6 Å². The third-order valence-electron chi connectivity index (χ3n) is 5.38. The van der Waals surface area contributed by atoms with Crippen molar-refractivity contribution in [2.24, 2.45) is 0 Å². The molecule has 0 aliphatic heterocycles. The second-order valence-electron chi connectivity index (χ2n) is 10.2. The van der Waals surface area contributed by atoms with Crippen molar-refractivity contribution >= 4 is 32.6 Å². The Kier molecular flexibility index (Phi) is 11.2. The molecule has 42 heavy (non-hydrogen) atoms. The fraction of sp³-hybridized carbons (Fsp3) is 0.379. The molecule has 3 rings (SSSR count). The zero-order valence-electron chi connectivity index (χ0n) is 23.8. The number of hydrogen-bond donors (Lipinski definition) is 0. The Bertz CT molecular complexity index is 1530. The SMILES string of the molecule is CC(=O)Cc1ccc(F)cc1.CCOC(=O)C(OC(C)(C)C)c1c(C)cc2ccc(F)cc2c1OS(=O)(=O)C(F)(F)F. The van der Waals surface area contributed by atoms with E-state index in [1.54, 1.807) is 32.9 Å². The van der Waals surface area contributed by atoms with Crippen molar-refractivity contribution < 1.29 is 53.6 Å². The minimum Gasteiger partial charge on any atom is -0.464 e. The number of ketones is 1. The Labute approximate surface area is 240 Å². The molecule has 0 fully saturated rings. The summed E-state index contributed by atoms with van der Waals surface area (Å²) in [6, 6.07) is 10.5. The van der Waals surface area contributed by atoms with Gasteiger partial charge in [-0.25, -0.2) is 13.6 Å². The van der Waals surface area contributed by atoms with Crippen LogP contribution >= 0.6 is 0 Å². The first-order chi connectivity index (χ1) is 19.3. The topological polar surface area (TPSA) is 96.0 Å². The van der Waals surface area contributed by atoms with Gasteiger partial charge in [0.15, 0.2) is 11.9 Å². The number of carbonyl (C=O) groups is 2. The highest BCUT2D eigenvalue weighted by molar-refractivity contribution is 7.88. The first-order valence-electron chi connectivity index (χ1n) is 12.6. The number of benzene rings is 3. The van der Waals surface area contributed by atoms with E-state index in [0.29, 0.717) is 6.42 Å². The van der Waals surface area contributed by atoms with E-state index in [1.165, 1.54) is 45.0 Å². The Morgan fingerprint density at radius 1 is 0.929 bits per heavy atom. The smallest absolute Gasteiger partial charge is 0.464 e. The highest BCUT2D eigenvalue weighted by Crippen LogP contribution is 2.42. The molecule has 0 saturated carbocycles. The van der Waals surface area contributed by atoms with Gasteiger partial charge in [0.25, 0.3) is 0 Å². The van der Waals surface area contributed by atoms with Crippen molar-refractivity contribution in [3.63, 3.8) is 0 Å².